The number of nitrogens with zero attached hydrogens (tertiary/aromatic N) is 2. The van der Waals surface area contributed by atoms with Crippen LogP contribution in [0.4, 0.5) is 0 Å². The Morgan fingerprint density at radius 3 is 2.83 bits per heavy atom. The minimum atomic E-state index is -0.993. The molecule has 1 amide bonds. The van der Waals surface area contributed by atoms with Crippen molar-refractivity contribution >= 4 is 27.8 Å². The first-order valence-corrected chi connectivity index (χ1v) is 8.59. The first kappa shape index (κ1) is 16.7. The highest BCUT2D eigenvalue weighted by atomic mass is 79.9. The van der Waals surface area contributed by atoms with E-state index in [0.717, 1.165) is 23.0 Å². The molecule has 1 unspecified atom stereocenters. The zero-order chi connectivity index (χ0) is 17.3. The van der Waals surface area contributed by atoms with Crippen molar-refractivity contribution in [2.45, 2.75) is 32.2 Å². The predicted octanol–water partition coefficient (Wildman–Crippen LogP) is 2.93. The van der Waals surface area contributed by atoms with Crippen molar-refractivity contribution in [2.75, 3.05) is 0 Å². The first-order valence-electron chi connectivity index (χ1n) is 7.80. The quantitative estimate of drug-likeness (QED) is 0.792. The Bertz CT molecular complexity index is 783. The number of rotatable bonds is 6. The maximum atomic E-state index is 12.5. The molecule has 7 heteroatoms. The van der Waals surface area contributed by atoms with E-state index in [1.54, 1.807) is 11.6 Å². The molecule has 1 fully saturated rings. The van der Waals surface area contributed by atoms with Gasteiger partial charge in [-0.15, -0.1) is 0 Å². The number of carbonyl (C=O) groups is 2. The number of carbonyl (C=O) groups excluding carboxylic acids is 1. The highest BCUT2D eigenvalue weighted by Crippen LogP contribution is 2.33. The van der Waals surface area contributed by atoms with E-state index in [1.807, 2.05) is 24.3 Å². The third-order valence-corrected chi connectivity index (χ3v) is 4.67. The molecule has 2 aromatic rings. The second-order valence-corrected chi connectivity index (χ2v) is 6.99. The van der Waals surface area contributed by atoms with Crippen LogP contribution in [0.3, 0.4) is 0 Å². The van der Waals surface area contributed by atoms with E-state index in [2.05, 4.69) is 26.3 Å². The normalized spacial score (nSPS) is 15.1. The molecule has 0 bridgehead atoms. The number of hydrogen-bond donors (Lipinski definition) is 2. The number of carboxylic acid groups (broad SMARTS) is 1. The molecule has 1 aliphatic rings. The summed E-state index contributed by atoms with van der Waals surface area (Å²) in [6.45, 7) is 1.79. The number of aliphatic carboxylic acids is 1. The lowest BCUT2D eigenvalue weighted by atomic mass is 10.1. The third kappa shape index (κ3) is 3.67. The van der Waals surface area contributed by atoms with Crippen LogP contribution in [-0.4, -0.2) is 32.8 Å². The minimum absolute atomic E-state index is 0.386. The molecular formula is C17H18BrN3O3. The van der Waals surface area contributed by atoms with E-state index in [9.17, 15) is 14.7 Å². The highest BCUT2D eigenvalue weighted by Gasteiger charge is 2.31. The molecule has 1 saturated carbocycles. The molecule has 0 saturated heterocycles. The van der Waals surface area contributed by atoms with E-state index in [0.29, 0.717) is 23.6 Å². The number of amides is 1. The largest absolute Gasteiger partial charge is 0.480 e. The zero-order valence-corrected chi connectivity index (χ0v) is 14.8. The van der Waals surface area contributed by atoms with Crippen LogP contribution in [0.1, 0.15) is 35.3 Å². The average molecular weight is 392 g/mol. The van der Waals surface area contributed by atoms with Gasteiger partial charge in [-0.2, -0.15) is 5.10 Å². The summed E-state index contributed by atoms with van der Waals surface area (Å²) in [4.78, 5) is 23.8. The van der Waals surface area contributed by atoms with Gasteiger partial charge in [0, 0.05) is 4.47 Å². The second kappa shape index (κ2) is 6.76. The summed E-state index contributed by atoms with van der Waals surface area (Å²) >= 11 is 3.41. The van der Waals surface area contributed by atoms with Gasteiger partial charge in [0.25, 0.3) is 5.91 Å². The van der Waals surface area contributed by atoms with E-state index in [1.165, 1.54) is 6.20 Å². The monoisotopic (exact) mass is 391 g/mol. The topological polar surface area (TPSA) is 84.2 Å². The van der Waals surface area contributed by atoms with E-state index < -0.39 is 17.9 Å². The molecule has 1 aromatic heterocycles. The van der Waals surface area contributed by atoms with Gasteiger partial charge in [0.2, 0.25) is 0 Å². The number of carboxylic acids is 1. The van der Waals surface area contributed by atoms with E-state index in [-0.39, 0.29) is 0 Å². The Hall–Kier alpha value is -2.15. The number of benzene rings is 1. The van der Waals surface area contributed by atoms with Gasteiger partial charge in [0.05, 0.1) is 23.1 Å². The van der Waals surface area contributed by atoms with Gasteiger partial charge in [0.15, 0.2) is 0 Å². The number of nitrogens with one attached hydrogen (secondary N) is 1. The molecule has 126 valence electrons. The maximum Gasteiger partial charge on any atom is 0.326 e. The van der Waals surface area contributed by atoms with Crippen LogP contribution in [0, 0.1) is 12.8 Å². The van der Waals surface area contributed by atoms with Crippen LogP contribution >= 0.6 is 15.9 Å². The van der Waals surface area contributed by atoms with Crippen molar-refractivity contribution < 1.29 is 14.7 Å². The fourth-order valence-corrected chi connectivity index (χ4v) is 3.03. The maximum absolute atomic E-state index is 12.5. The van der Waals surface area contributed by atoms with Crippen LogP contribution in [0.2, 0.25) is 0 Å². The Kier molecular flexibility index (Phi) is 4.71. The van der Waals surface area contributed by atoms with Crippen molar-refractivity contribution in [1.82, 2.24) is 15.1 Å². The number of hydrogen-bond acceptors (Lipinski definition) is 3. The Morgan fingerprint density at radius 1 is 1.46 bits per heavy atom. The van der Waals surface area contributed by atoms with Crippen LogP contribution in [0.25, 0.3) is 5.69 Å². The lowest BCUT2D eigenvalue weighted by molar-refractivity contribution is -0.139. The molecule has 0 aliphatic heterocycles. The molecule has 6 nitrogen and oxygen atoms in total. The summed E-state index contributed by atoms with van der Waals surface area (Å²) in [6.07, 6.45) is 4.04. The fraction of sp³-hybridized carbons (Fsp3) is 0.353. The first-order chi connectivity index (χ1) is 11.5. The molecule has 1 heterocycles. The molecule has 1 aromatic carbocycles. The summed E-state index contributed by atoms with van der Waals surface area (Å²) in [5, 5.41) is 16.2. The van der Waals surface area contributed by atoms with Gasteiger partial charge in [0.1, 0.15) is 6.04 Å². The second-order valence-electron chi connectivity index (χ2n) is 6.08. The van der Waals surface area contributed by atoms with Crippen LogP contribution in [0.15, 0.2) is 34.9 Å². The number of aromatic nitrogens is 2. The molecule has 0 spiro atoms. The van der Waals surface area contributed by atoms with Gasteiger partial charge in [-0.3, -0.25) is 4.79 Å². The van der Waals surface area contributed by atoms with Gasteiger partial charge in [-0.25, -0.2) is 9.48 Å². The molecule has 0 radical (unpaired) electrons. The highest BCUT2D eigenvalue weighted by molar-refractivity contribution is 9.10. The fourth-order valence-electron chi connectivity index (χ4n) is 2.65. The van der Waals surface area contributed by atoms with Crippen molar-refractivity contribution in [3.63, 3.8) is 0 Å². The standard InChI is InChI=1S/C17H18BrN3O3/c1-10-14(9-19-21(10)13-4-2-3-12(18)8-13)16(22)20-15(17(23)24)7-11-5-6-11/h2-4,8-9,11,15H,5-7H2,1H3,(H,20,22)(H,23,24). The molecule has 1 atom stereocenters. The Balaban J connectivity index is 1.79. The third-order valence-electron chi connectivity index (χ3n) is 4.18. The van der Waals surface area contributed by atoms with Crippen molar-refractivity contribution in [3.8, 4) is 5.69 Å². The summed E-state index contributed by atoms with van der Waals surface area (Å²) in [5.41, 5.74) is 1.88. The van der Waals surface area contributed by atoms with Crippen molar-refractivity contribution in [3.05, 3.63) is 46.2 Å². The summed E-state index contributed by atoms with van der Waals surface area (Å²) in [6, 6.07) is 6.73. The van der Waals surface area contributed by atoms with Gasteiger partial charge in [-0.05, 0) is 37.5 Å². The van der Waals surface area contributed by atoms with Gasteiger partial charge >= 0.3 is 5.97 Å². The molecule has 2 N–H and O–H groups in total. The zero-order valence-electron chi connectivity index (χ0n) is 13.2. The summed E-state index contributed by atoms with van der Waals surface area (Å²) in [7, 11) is 0. The minimum Gasteiger partial charge on any atom is -0.480 e. The van der Waals surface area contributed by atoms with Crippen molar-refractivity contribution in [1.29, 1.82) is 0 Å². The molecule has 24 heavy (non-hydrogen) atoms. The molecular weight excluding hydrogens is 374 g/mol. The van der Waals surface area contributed by atoms with E-state index in [4.69, 9.17) is 0 Å². The average Bonchev–Trinajstić information content (AvgIpc) is 3.26. The lowest BCUT2D eigenvalue weighted by Gasteiger charge is -2.14. The number of halogens is 1. The smallest absolute Gasteiger partial charge is 0.326 e. The lowest BCUT2D eigenvalue weighted by Crippen LogP contribution is -2.41. The SMILES string of the molecule is Cc1c(C(=O)NC(CC2CC2)C(=O)O)cnn1-c1cccc(Br)c1. The van der Waals surface area contributed by atoms with Crippen LogP contribution in [-0.2, 0) is 4.79 Å². The summed E-state index contributed by atoms with van der Waals surface area (Å²) in [5.74, 6) is -0.981. The summed E-state index contributed by atoms with van der Waals surface area (Å²) < 4.78 is 2.58. The molecule has 3 rings (SSSR count). The van der Waals surface area contributed by atoms with Gasteiger partial charge in [-0.1, -0.05) is 34.8 Å². The van der Waals surface area contributed by atoms with Crippen molar-refractivity contribution in [2.24, 2.45) is 5.92 Å². The Labute approximate surface area is 148 Å². The van der Waals surface area contributed by atoms with Crippen LogP contribution < -0.4 is 5.32 Å². The van der Waals surface area contributed by atoms with Gasteiger partial charge < -0.3 is 10.4 Å². The predicted molar refractivity (Wildman–Crippen MR) is 92.2 cm³/mol. The Morgan fingerprint density at radius 2 is 2.21 bits per heavy atom. The van der Waals surface area contributed by atoms with Crippen LogP contribution in [0.5, 0.6) is 0 Å². The van der Waals surface area contributed by atoms with E-state index >= 15 is 0 Å². The molecule has 1 aliphatic carbocycles.